The van der Waals surface area contributed by atoms with Gasteiger partial charge in [0.15, 0.2) is 0 Å². The van der Waals surface area contributed by atoms with Gasteiger partial charge in [-0.3, -0.25) is 0 Å². The van der Waals surface area contributed by atoms with E-state index < -0.39 is 0 Å². The molecule has 0 aliphatic heterocycles. The van der Waals surface area contributed by atoms with Crippen LogP contribution in [0.4, 0.5) is 0 Å². The predicted octanol–water partition coefficient (Wildman–Crippen LogP) is 4.45. The Kier molecular flexibility index (Phi) is 7.15. The van der Waals surface area contributed by atoms with Crippen LogP contribution in [-0.2, 0) is 6.42 Å². The molecular formula is C18H31N. The van der Waals surface area contributed by atoms with Crippen molar-refractivity contribution in [2.45, 2.75) is 47.5 Å². The van der Waals surface area contributed by atoms with Crippen LogP contribution in [0.25, 0.3) is 0 Å². The molecule has 0 aliphatic carbocycles. The van der Waals surface area contributed by atoms with Crippen LogP contribution in [0.5, 0.6) is 0 Å². The Hall–Kier alpha value is -0.820. The van der Waals surface area contributed by atoms with Gasteiger partial charge in [-0.2, -0.15) is 0 Å². The van der Waals surface area contributed by atoms with Gasteiger partial charge in [0.2, 0.25) is 0 Å². The van der Waals surface area contributed by atoms with E-state index in [1.807, 2.05) is 0 Å². The molecule has 0 radical (unpaired) electrons. The first kappa shape index (κ1) is 16.2. The van der Waals surface area contributed by atoms with Crippen molar-refractivity contribution in [3.63, 3.8) is 0 Å². The lowest BCUT2D eigenvalue weighted by molar-refractivity contribution is 0.376. The van der Waals surface area contributed by atoms with Gasteiger partial charge in [0, 0.05) is 0 Å². The van der Waals surface area contributed by atoms with Crippen molar-refractivity contribution in [1.82, 2.24) is 5.32 Å². The lowest BCUT2D eigenvalue weighted by atomic mass is 9.89. The zero-order chi connectivity index (χ0) is 14.3. The average molecular weight is 261 g/mol. The molecule has 0 heterocycles. The highest BCUT2D eigenvalue weighted by Crippen LogP contribution is 2.19. The smallest absolute Gasteiger partial charge is 0.00171 e. The first-order valence-corrected chi connectivity index (χ1v) is 7.74. The van der Waals surface area contributed by atoms with E-state index in [-0.39, 0.29) is 0 Å². The van der Waals surface area contributed by atoms with Crippen molar-refractivity contribution in [2.75, 3.05) is 13.1 Å². The van der Waals surface area contributed by atoms with E-state index in [0.29, 0.717) is 0 Å². The molecule has 0 amide bonds. The standard InChI is InChI=1S/C18H31N/c1-14(2)10-17(13-19-12-15(3)4)11-18-9-7-6-8-16(18)5/h6-9,14-15,17,19H,10-13H2,1-5H3. The lowest BCUT2D eigenvalue weighted by Gasteiger charge is -2.21. The molecule has 1 nitrogen and oxygen atoms in total. The molecule has 0 aromatic heterocycles. The van der Waals surface area contributed by atoms with Crippen molar-refractivity contribution in [1.29, 1.82) is 0 Å². The monoisotopic (exact) mass is 261 g/mol. The molecule has 1 heteroatoms. The number of benzene rings is 1. The zero-order valence-electron chi connectivity index (χ0n) is 13.4. The fourth-order valence-electron chi connectivity index (χ4n) is 2.63. The van der Waals surface area contributed by atoms with Gasteiger partial charge in [0.1, 0.15) is 0 Å². The Morgan fingerprint density at radius 2 is 1.63 bits per heavy atom. The summed E-state index contributed by atoms with van der Waals surface area (Å²) in [7, 11) is 0. The van der Waals surface area contributed by atoms with Gasteiger partial charge in [0.25, 0.3) is 0 Å². The molecule has 0 spiro atoms. The second kappa shape index (κ2) is 8.37. The van der Waals surface area contributed by atoms with Gasteiger partial charge in [-0.05, 0) is 61.7 Å². The molecule has 0 saturated carbocycles. The molecule has 0 saturated heterocycles. The summed E-state index contributed by atoms with van der Waals surface area (Å²) in [6.45, 7) is 13.7. The van der Waals surface area contributed by atoms with Crippen molar-refractivity contribution < 1.29 is 0 Å². The maximum atomic E-state index is 3.63. The van der Waals surface area contributed by atoms with Gasteiger partial charge in [-0.25, -0.2) is 0 Å². The quantitative estimate of drug-likeness (QED) is 0.729. The van der Waals surface area contributed by atoms with Gasteiger partial charge in [-0.1, -0.05) is 52.0 Å². The third-order valence-electron chi connectivity index (χ3n) is 3.56. The molecule has 1 unspecified atom stereocenters. The first-order chi connectivity index (χ1) is 8.99. The molecule has 1 aromatic rings. The zero-order valence-corrected chi connectivity index (χ0v) is 13.4. The number of rotatable bonds is 8. The van der Waals surface area contributed by atoms with Gasteiger partial charge in [0.05, 0.1) is 0 Å². The van der Waals surface area contributed by atoms with E-state index in [0.717, 1.165) is 30.8 Å². The third kappa shape index (κ3) is 6.77. The van der Waals surface area contributed by atoms with Crippen molar-refractivity contribution in [2.24, 2.45) is 17.8 Å². The number of aryl methyl sites for hydroxylation is 1. The Labute approximate surface area is 119 Å². The molecule has 1 aromatic carbocycles. The van der Waals surface area contributed by atoms with Crippen LogP contribution in [-0.4, -0.2) is 13.1 Å². The fraction of sp³-hybridized carbons (Fsp3) is 0.667. The highest BCUT2D eigenvalue weighted by molar-refractivity contribution is 5.25. The molecule has 108 valence electrons. The highest BCUT2D eigenvalue weighted by atomic mass is 14.9. The Balaban J connectivity index is 2.56. The predicted molar refractivity (Wildman–Crippen MR) is 85.5 cm³/mol. The van der Waals surface area contributed by atoms with E-state index in [9.17, 15) is 0 Å². The Morgan fingerprint density at radius 3 is 2.21 bits per heavy atom. The SMILES string of the molecule is Cc1ccccc1CC(CNCC(C)C)CC(C)C. The Bertz CT molecular complexity index is 354. The number of nitrogens with one attached hydrogen (secondary N) is 1. The maximum absolute atomic E-state index is 3.63. The van der Waals surface area contributed by atoms with Crippen LogP contribution < -0.4 is 5.32 Å². The third-order valence-corrected chi connectivity index (χ3v) is 3.56. The van der Waals surface area contributed by atoms with E-state index in [1.54, 1.807) is 0 Å². The topological polar surface area (TPSA) is 12.0 Å². The summed E-state index contributed by atoms with van der Waals surface area (Å²) in [6, 6.07) is 8.80. The fourth-order valence-corrected chi connectivity index (χ4v) is 2.63. The molecule has 0 bridgehead atoms. The second-order valence-corrected chi connectivity index (χ2v) is 6.68. The van der Waals surface area contributed by atoms with E-state index >= 15 is 0 Å². The molecule has 0 aliphatic rings. The van der Waals surface area contributed by atoms with Crippen molar-refractivity contribution >= 4 is 0 Å². The minimum Gasteiger partial charge on any atom is -0.316 e. The summed E-state index contributed by atoms with van der Waals surface area (Å²) < 4.78 is 0. The number of hydrogen-bond acceptors (Lipinski definition) is 1. The van der Waals surface area contributed by atoms with Crippen LogP contribution in [0.1, 0.15) is 45.2 Å². The van der Waals surface area contributed by atoms with Gasteiger partial charge >= 0.3 is 0 Å². The summed E-state index contributed by atoms with van der Waals surface area (Å²) in [4.78, 5) is 0. The minimum atomic E-state index is 0.734. The van der Waals surface area contributed by atoms with E-state index in [2.05, 4.69) is 64.2 Å². The van der Waals surface area contributed by atoms with Crippen LogP contribution in [0, 0.1) is 24.7 Å². The average Bonchev–Trinajstić information content (AvgIpc) is 2.30. The molecule has 1 rings (SSSR count). The van der Waals surface area contributed by atoms with Crippen molar-refractivity contribution in [3.05, 3.63) is 35.4 Å². The number of hydrogen-bond donors (Lipinski definition) is 1. The van der Waals surface area contributed by atoms with Crippen molar-refractivity contribution in [3.8, 4) is 0 Å². The van der Waals surface area contributed by atoms with E-state index in [1.165, 1.54) is 24.0 Å². The highest BCUT2D eigenvalue weighted by Gasteiger charge is 2.13. The maximum Gasteiger partial charge on any atom is -0.00171 e. The normalized spacial score (nSPS) is 13.2. The van der Waals surface area contributed by atoms with Crippen LogP contribution >= 0.6 is 0 Å². The molecule has 19 heavy (non-hydrogen) atoms. The summed E-state index contributed by atoms with van der Waals surface area (Å²) in [5.74, 6) is 2.26. The Morgan fingerprint density at radius 1 is 0.947 bits per heavy atom. The lowest BCUT2D eigenvalue weighted by Crippen LogP contribution is -2.28. The largest absolute Gasteiger partial charge is 0.316 e. The minimum absolute atomic E-state index is 0.734. The van der Waals surface area contributed by atoms with Crippen LogP contribution in [0.3, 0.4) is 0 Å². The van der Waals surface area contributed by atoms with Crippen LogP contribution in [0.15, 0.2) is 24.3 Å². The van der Waals surface area contributed by atoms with Gasteiger partial charge < -0.3 is 5.32 Å². The molecule has 1 atom stereocenters. The first-order valence-electron chi connectivity index (χ1n) is 7.74. The second-order valence-electron chi connectivity index (χ2n) is 6.68. The summed E-state index contributed by atoms with van der Waals surface area (Å²) in [5, 5.41) is 3.63. The molecule has 0 fully saturated rings. The van der Waals surface area contributed by atoms with Crippen LogP contribution in [0.2, 0.25) is 0 Å². The van der Waals surface area contributed by atoms with Gasteiger partial charge in [-0.15, -0.1) is 0 Å². The summed E-state index contributed by atoms with van der Waals surface area (Å²) in [6.07, 6.45) is 2.51. The summed E-state index contributed by atoms with van der Waals surface area (Å²) in [5.41, 5.74) is 2.94. The van der Waals surface area contributed by atoms with E-state index in [4.69, 9.17) is 0 Å². The molecule has 1 N–H and O–H groups in total. The molecular weight excluding hydrogens is 230 g/mol. The summed E-state index contributed by atoms with van der Waals surface area (Å²) >= 11 is 0.